The highest BCUT2D eigenvalue weighted by molar-refractivity contribution is 14.1. The molecule has 0 bridgehead atoms. The number of hydrogen-bond donors (Lipinski definition) is 0. The van der Waals surface area contributed by atoms with E-state index in [0.717, 1.165) is 7.14 Å². The zero-order valence-electron chi connectivity index (χ0n) is 6.30. The number of halogens is 2. The van der Waals surface area contributed by atoms with Gasteiger partial charge in [-0.3, -0.25) is 0 Å². The third-order valence-electron chi connectivity index (χ3n) is 1.33. The number of carbonyl (C=O) groups excluding carboxylic acids is 1. The number of ether oxygens (including phenoxy) is 1. The molecule has 1 aromatic carbocycles. The SMILES string of the molecule is COC(=O)c1cc(I)ccc1I. The van der Waals surface area contributed by atoms with Crippen LogP contribution in [0, 0.1) is 7.14 Å². The highest BCUT2D eigenvalue weighted by Gasteiger charge is 2.09. The van der Waals surface area contributed by atoms with Crippen LogP contribution in [-0.4, -0.2) is 13.1 Å². The first-order valence-electron chi connectivity index (χ1n) is 3.18. The van der Waals surface area contributed by atoms with E-state index in [1.54, 1.807) is 0 Å². The molecule has 1 rings (SSSR count). The van der Waals surface area contributed by atoms with Crippen molar-refractivity contribution in [2.24, 2.45) is 0 Å². The summed E-state index contributed by atoms with van der Waals surface area (Å²) >= 11 is 4.27. The lowest BCUT2D eigenvalue weighted by Gasteiger charge is -2.01. The van der Waals surface area contributed by atoms with Crippen LogP contribution in [0.5, 0.6) is 0 Å². The van der Waals surface area contributed by atoms with Gasteiger partial charge in [0.2, 0.25) is 0 Å². The van der Waals surface area contributed by atoms with Crippen molar-refractivity contribution in [1.82, 2.24) is 0 Å². The predicted molar refractivity (Wildman–Crippen MR) is 63.2 cm³/mol. The minimum Gasteiger partial charge on any atom is -0.465 e. The van der Waals surface area contributed by atoms with Crippen molar-refractivity contribution in [3.05, 3.63) is 30.9 Å². The number of esters is 1. The van der Waals surface area contributed by atoms with Gasteiger partial charge in [-0.2, -0.15) is 0 Å². The standard InChI is InChI=1S/C8H6I2O2/c1-12-8(11)6-4-5(9)2-3-7(6)10/h2-4H,1H3. The van der Waals surface area contributed by atoms with Gasteiger partial charge in [0.25, 0.3) is 0 Å². The summed E-state index contributed by atoms with van der Waals surface area (Å²) in [4.78, 5) is 11.2. The van der Waals surface area contributed by atoms with Crippen LogP contribution >= 0.6 is 45.2 Å². The minimum absolute atomic E-state index is 0.280. The molecule has 0 aliphatic heterocycles. The second kappa shape index (κ2) is 4.40. The number of hydrogen-bond acceptors (Lipinski definition) is 2. The van der Waals surface area contributed by atoms with Crippen molar-refractivity contribution >= 4 is 51.2 Å². The normalized spacial score (nSPS) is 9.58. The Morgan fingerprint density at radius 3 is 2.67 bits per heavy atom. The van der Waals surface area contributed by atoms with Crippen LogP contribution in [0.2, 0.25) is 0 Å². The van der Waals surface area contributed by atoms with E-state index in [9.17, 15) is 4.79 Å². The van der Waals surface area contributed by atoms with Gasteiger partial charge in [-0.1, -0.05) is 0 Å². The van der Waals surface area contributed by atoms with Crippen LogP contribution in [0.1, 0.15) is 10.4 Å². The fraction of sp³-hybridized carbons (Fsp3) is 0.125. The van der Waals surface area contributed by atoms with E-state index in [1.807, 2.05) is 18.2 Å². The predicted octanol–water partition coefficient (Wildman–Crippen LogP) is 2.68. The summed E-state index contributed by atoms with van der Waals surface area (Å²) < 4.78 is 6.58. The molecular formula is C8H6I2O2. The molecule has 0 fully saturated rings. The average molecular weight is 388 g/mol. The van der Waals surface area contributed by atoms with Crippen molar-refractivity contribution in [3.8, 4) is 0 Å². The number of carbonyl (C=O) groups is 1. The van der Waals surface area contributed by atoms with Gasteiger partial charge in [0, 0.05) is 7.14 Å². The summed E-state index contributed by atoms with van der Waals surface area (Å²) in [5.41, 5.74) is 0.630. The van der Waals surface area contributed by atoms with E-state index in [1.165, 1.54) is 7.11 Å². The van der Waals surface area contributed by atoms with Gasteiger partial charge in [0.15, 0.2) is 0 Å². The first kappa shape index (κ1) is 10.2. The van der Waals surface area contributed by atoms with Crippen molar-refractivity contribution in [3.63, 3.8) is 0 Å². The molecule has 0 atom stereocenters. The molecule has 1 aromatic rings. The largest absolute Gasteiger partial charge is 0.465 e. The Kier molecular flexibility index (Phi) is 3.76. The van der Waals surface area contributed by atoms with Crippen LogP contribution in [0.4, 0.5) is 0 Å². The molecule has 0 radical (unpaired) electrons. The Hall–Kier alpha value is 0.150. The van der Waals surface area contributed by atoms with Crippen LogP contribution in [0.3, 0.4) is 0 Å². The molecule has 0 spiro atoms. The second-order valence-corrected chi connectivity index (χ2v) is 4.52. The molecule has 0 amide bonds. The van der Waals surface area contributed by atoms with E-state index in [4.69, 9.17) is 0 Å². The van der Waals surface area contributed by atoms with E-state index < -0.39 is 0 Å². The van der Waals surface area contributed by atoms with Gasteiger partial charge < -0.3 is 4.74 Å². The lowest BCUT2D eigenvalue weighted by atomic mass is 10.2. The highest BCUT2D eigenvalue weighted by atomic mass is 127. The van der Waals surface area contributed by atoms with Gasteiger partial charge in [0.1, 0.15) is 0 Å². The topological polar surface area (TPSA) is 26.3 Å². The van der Waals surface area contributed by atoms with Crippen molar-refractivity contribution < 1.29 is 9.53 Å². The molecule has 4 heteroatoms. The van der Waals surface area contributed by atoms with Crippen molar-refractivity contribution in [2.75, 3.05) is 7.11 Å². The first-order chi connectivity index (χ1) is 5.65. The number of benzene rings is 1. The number of rotatable bonds is 1. The Morgan fingerprint density at radius 2 is 2.08 bits per heavy atom. The molecule has 0 heterocycles. The minimum atomic E-state index is -0.280. The zero-order chi connectivity index (χ0) is 9.14. The fourth-order valence-electron chi connectivity index (χ4n) is 0.764. The third-order valence-corrected chi connectivity index (χ3v) is 2.95. The molecule has 0 unspecified atom stereocenters. The molecule has 0 aliphatic carbocycles. The summed E-state index contributed by atoms with van der Waals surface area (Å²) in [5.74, 6) is -0.280. The Balaban J connectivity index is 3.13. The van der Waals surface area contributed by atoms with Gasteiger partial charge in [-0.25, -0.2) is 4.79 Å². The highest BCUT2D eigenvalue weighted by Crippen LogP contribution is 2.16. The monoisotopic (exact) mass is 388 g/mol. The summed E-state index contributed by atoms with van der Waals surface area (Å²) in [6.07, 6.45) is 0. The first-order valence-corrected chi connectivity index (χ1v) is 5.34. The molecule has 2 nitrogen and oxygen atoms in total. The summed E-state index contributed by atoms with van der Waals surface area (Å²) in [6, 6.07) is 5.66. The fourth-order valence-corrected chi connectivity index (χ4v) is 1.81. The molecule has 64 valence electrons. The van der Waals surface area contributed by atoms with Crippen LogP contribution in [0.25, 0.3) is 0 Å². The Labute approximate surface area is 98.0 Å². The maximum Gasteiger partial charge on any atom is 0.338 e. The summed E-state index contributed by atoms with van der Waals surface area (Å²) in [5, 5.41) is 0. The lowest BCUT2D eigenvalue weighted by Crippen LogP contribution is -2.03. The van der Waals surface area contributed by atoms with Gasteiger partial charge in [-0.05, 0) is 63.4 Å². The van der Waals surface area contributed by atoms with E-state index in [2.05, 4.69) is 49.9 Å². The second-order valence-electron chi connectivity index (χ2n) is 2.12. The molecule has 0 saturated heterocycles. The van der Waals surface area contributed by atoms with Crippen LogP contribution < -0.4 is 0 Å². The molecule has 0 saturated carbocycles. The van der Waals surface area contributed by atoms with Crippen LogP contribution in [-0.2, 0) is 4.74 Å². The van der Waals surface area contributed by atoms with E-state index in [0.29, 0.717) is 5.56 Å². The Morgan fingerprint density at radius 1 is 1.42 bits per heavy atom. The summed E-state index contributed by atoms with van der Waals surface area (Å²) in [6.45, 7) is 0. The van der Waals surface area contributed by atoms with Gasteiger partial charge in [0.05, 0.1) is 12.7 Å². The lowest BCUT2D eigenvalue weighted by molar-refractivity contribution is 0.0599. The van der Waals surface area contributed by atoms with Gasteiger partial charge >= 0.3 is 5.97 Å². The van der Waals surface area contributed by atoms with Crippen molar-refractivity contribution in [2.45, 2.75) is 0 Å². The Bertz CT molecular complexity index is 310. The molecule has 0 aliphatic rings. The van der Waals surface area contributed by atoms with Crippen LogP contribution in [0.15, 0.2) is 18.2 Å². The quantitative estimate of drug-likeness (QED) is 0.547. The zero-order valence-corrected chi connectivity index (χ0v) is 10.6. The average Bonchev–Trinajstić information content (AvgIpc) is 2.08. The maximum atomic E-state index is 11.2. The smallest absolute Gasteiger partial charge is 0.338 e. The third kappa shape index (κ3) is 2.32. The van der Waals surface area contributed by atoms with E-state index >= 15 is 0 Å². The molecular weight excluding hydrogens is 382 g/mol. The number of methoxy groups -OCH3 is 1. The van der Waals surface area contributed by atoms with E-state index in [-0.39, 0.29) is 5.97 Å². The van der Waals surface area contributed by atoms with Crippen molar-refractivity contribution in [1.29, 1.82) is 0 Å². The molecule has 12 heavy (non-hydrogen) atoms. The maximum absolute atomic E-state index is 11.2. The molecule has 0 aromatic heterocycles. The van der Waals surface area contributed by atoms with Gasteiger partial charge in [-0.15, -0.1) is 0 Å². The molecule has 0 N–H and O–H groups in total. The summed E-state index contributed by atoms with van der Waals surface area (Å²) in [7, 11) is 1.39.